The highest BCUT2D eigenvalue weighted by Crippen LogP contribution is 2.27. The van der Waals surface area contributed by atoms with Crippen molar-refractivity contribution in [3.8, 4) is 0 Å². The molecule has 0 bridgehead atoms. The number of benzene rings is 5. The molecule has 10 nitrogen and oxygen atoms in total. The Bertz CT molecular complexity index is 2610. The molecule has 0 aliphatic heterocycles. The molecule has 14 heteroatoms. The molecule has 0 spiro atoms. The Morgan fingerprint density at radius 2 is 1.14 bits per heavy atom. The molecule has 284 valence electrons. The van der Waals surface area contributed by atoms with E-state index in [4.69, 9.17) is 5.73 Å². The average molecular weight is 805 g/mol. The van der Waals surface area contributed by atoms with Crippen LogP contribution in [0.1, 0.15) is 52.7 Å². The first-order valence-electron chi connectivity index (χ1n) is 17.3. The Hall–Kier alpha value is -5.90. The monoisotopic (exact) mass is 804 g/mol. The van der Waals surface area contributed by atoms with Gasteiger partial charge in [0.2, 0.25) is 21.6 Å². The fourth-order valence-electron chi connectivity index (χ4n) is 5.50. The molecule has 0 atom stereocenters. The maximum atomic E-state index is 13.8. The number of aryl methyl sites for hydroxylation is 2. The number of anilines is 4. The lowest BCUT2D eigenvalue weighted by atomic mass is 10.0. The van der Waals surface area contributed by atoms with E-state index in [-0.39, 0.29) is 18.1 Å². The molecule has 0 aliphatic carbocycles. The van der Waals surface area contributed by atoms with Crippen molar-refractivity contribution in [2.45, 2.75) is 31.8 Å². The Labute approximate surface area is 332 Å². The lowest BCUT2D eigenvalue weighted by Crippen LogP contribution is -2.24. The zero-order valence-corrected chi connectivity index (χ0v) is 32.8. The summed E-state index contributed by atoms with van der Waals surface area (Å²) in [5.41, 5.74) is 12.2. The molecule has 7 aromatic rings. The minimum atomic E-state index is -3.99. The summed E-state index contributed by atoms with van der Waals surface area (Å²) in [5.74, 6) is -0.889. The number of nitrogens with two attached hydrogens (primary N) is 1. The van der Waals surface area contributed by atoms with Gasteiger partial charge >= 0.3 is 0 Å². The molecule has 5 N–H and O–H groups in total. The molecule has 0 aliphatic rings. The number of thiazole rings is 2. The number of hydrogen-bond acceptors (Lipinski definition) is 11. The number of carbonyl (C=O) groups excluding carboxylic acids is 2. The van der Waals surface area contributed by atoms with Crippen molar-refractivity contribution in [2.75, 3.05) is 10.6 Å². The predicted molar refractivity (Wildman–Crippen MR) is 221 cm³/mol. The second-order valence-electron chi connectivity index (χ2n) is 12.5. The smallest absolute Gasteiger partial charge is 0.243 e. The summed E-state index contributed by atoms with van der Waals surface area (Å²) in [4.78, 5) is 34.6. The third-order valence-corrected chi connectivity index (χ3v) is 11.7. The molecule has 56 heavy (non-hydrogen) atoms. The molecular formula is C42H37FN6O4S3. The van der Waals surface area contributed by atoms with Gasteiger partial charge in [-0.25, -0.2) is 27.5 Å². The quantitative estimate of drug-likeness (QED) is 0.0836. The summed E-state index contributed by atoms with van der Waals surface area (Å²) in [6.07, 6.45) is 3.16. The van der Waals surface area contributed by atoms with Crippen LogP contribution < -0.4 is 21.1 Å². The molecule has 5 aromatic carbocycles. The van der Waals surface area contributed by atoms with Crippen LogP contribution in [0.5, 0.6) is 0 Å². The van der Waals surface area contributed by atoms with Gasteiger partial charge in [0, 0.05) is 35.6 Å². The Morgan fingerprint density at radius 1 is 0.661 bits per heavy atom. The second kappa shape index (κ2) is 18.2. The SMILES string of the molecule is Cc1ccccc1C(=O)c1cnc(Nc2cccc(CN)c2)s1.Cc1ccccc1C(=O)c1cnc(Nc2cccc(CNS(=O)(=O)c3ccccc3F)c2)s1. The van der Waals surface area contributed by atoms with Crippen molar-refractivity contribution >= 4 is 65.9 Å². The number of rotatable bonds is 13. The lowest BCUT2D eigenvalue weighted by Gasteiger charge is -2.09. The van der Waals surface area contributed by atoms with E-state index in [0.717, 1.165) is 28.4 Å². The van der Waals surface area contributed by atoms with Gasteiger partial charge in [-0.05, 0) is 72.5 Å². The summed E-state index contributed by atoms with van der Waals surface area (Å²) < 4.78 is 41.1. The molecule has 2 heterocycles. The van der Waals surface area contributed by atoms with Gasteiger partial charge in [0.1, 0.15) is 10.7 Å². The van der Waals surface area contributed by atoms with Crippen LogP contribution in [0.25, 0.3) is 0 Å². The van der Waals surface area contributed by atoms with E-state index in [1.54, 1.807) is 36.5 Å². The van der Waals surface area contributed by atoms with E-state index in [2.05, 4.69) is 25.3 Å². The highest BCUT2D eigenvalue weighted by molar-refractivity contribution is 7.89. The van der Waals surface area contributed by atoms with Crippen LogP contribution in [0.4, 0.5) is 26.0 Å². The van der Waals surface area contributed by atoms with Crippen molar-refractivity contribution in [1.29, 1.82) is 0 Å². The maximum absolute atomic E-state index is 13.8. The third kappa shape index (κ3) is 10.0. The predicted octanol–water partition coefficient (Wildman–Crippen LogP) is 8.93. The third-order valence-electron chi connectivity index (χ3n) is 8.42. The molecule has 0 saturated carbocycles. The number of nitrogens with one attached hydrogen (secondary N) is 3. The van der Waals surface area contributed by atoms with Crippen molar-refractivity contribution in [3.63, 3.8) is 0 Å². The van der Waals surface area contributed by atoms with E-state index in [9.17, 15) is 22.4 Å². The van der Waals surface area contributed by atoms with Crippen LogP contribution in [0.3, 0.4) is 0 Å². The Morgan fingerprint density at radius 3 is 1.66 bits per heavy atom. The minimum absolute atomic E-state index is 0.00404. The second-order valence-corrected chi connectivity index (χ2v) is 16.3. The van der Waals surface area contributed by atoms with Crippen LogP contribution >= 0.6 is 22.7 Å². The standard InChI is InChI=1S/C24H20FN3O3S2.C18H17N3OS/c1-16-7-2-3-10-19(16)23(29)21-15-26-24(32-21)28-18-9-6-8-17(13-18)14-27-33(30,31)22-12-5-4-11-20(22)25;1-12-5-2-3-8-15(12)17(22)16-11-20-18(23-16)21-14-7-4-6-13(9-14)10-19/h2-13,15,27H,14H2,1H3,(H,26,28);2-9,11H,10,19H2,1H3,(H,20,21). The van der Waals surface area contributed by atoms with Crippen LogP contribution in [-0.4, -0.2) is 30.0 Å². The van der Waals surface area contributed by atoms with Gasteiger partial charge in [0.15, 0.2) is 10.3 Å². The molecule has 7 rings (SSSR count). The van der Waals surface area contributed by atoms with Crippen molar-refractivity contribution < 1.29 is 22.4 Å². The summed E-state index contributed by atoms with van der Waals surface area (Å²) >= 11 is 2.59. The van der Waals surface area contributed by atoms with Gasteiger partial charge in [0.25, 0.3) is 0 Å². The Balaban J connectivity index is 0.000000202. The maximum Gasteiger partial charge on any atom is 0.243 e. The molecular weight excluding hydrogens is 768 g/mol. The van der Waals surface area contributed by atoms with Crippen LogP contribution in [0.2, 0.25) is 0 Å². The van der Waals surface area contributed by atoms with Gasteiger partial charge in [-0.3, -0.25) is 9.59 Å². The van der Waals surface area contributed by atoms with E-state index >= 15 is 0 Å². The first-order chi connectivity index (χ1) is 27.0. The minimum Gasteiger partial charge on any atom is -0.332 e. The number of hydrogen-bond donors (Lipinski definition) is 4. The first-order valence-corrected chi connectivity index (χ1v) is 20.4. The number of carbonyl (C=O) groups is 2. The summed E-state index contributed by atoms with van der Waals surface area (Å²) in [6.45, 7) is 4.30. The molecule has 0 saturated heterocycles. The van der Waals surface area contributed by atoms with Gasteiger partial charge in [-0.15, -0.1) is 0 Å². The van der Waals surface area contributed by atoms with Crippen molar-refractivity contribution in [2.24, 2.45) is 5.73 Å². The zero-order valence-electron chi connectivity index (χ0n) is 30.3. The largest absolute Gasteiger partial charge is 0.332 e. The number of aromatic nitrogens is 2. The average Bonchev–Trinajstić information content (AvgIpc) is 3.88. The fourth-order valence-corrected chi connectivity index (χ4v) is 8.17. The highest BCUT2D eigenvalue weighted by atomic mass is 32.2. The van der Waals surface area contributed by atoms with Gasteiger partial charge in [0.05, 0.1) is 22.1 Å². The van der Waals surface area contributed by atoms with Gasteiger partial charge in [-0.2, -0.15) is 0 Å². The summed E-state index contributed by atoms with van der Waals surface area (Å²) in [6, 6.07) is 35.1. The number of sulfonamides is 1. The van der Waals surface area contributed by atoms with Gasteiger partial charge < -0.3 is 16.4 Å². The van der Waals surface area contributed by atoms with Gasteiger partial charge in [-0.1, -0.05) is 108 Å². The molecule has 0 radical (unpaired) electrons. The number of halogens is 1. The Kier molecular flexibility index (Phi) is 12.9. The summed E-state index contributed by atoms with van der Waals surface area (Å²) in [5, 5.41) is 7.59. The molecule has 0 fully saturated rings. The number of ketones is 2. The van der Waals surface area contributed by atoms with Crippen LogP contribution in [0, 0.1) is 19.7 Å². The fraction of sp³-hybridized carbons (Fsp3) is 0.0952. The van der Waals surface area contributed by atoms with E-state index in [1.165, 1.54) is 47.1 Å². The first kappa shape index (κ1) is 39.8. The van der Waals surface area contributed by atoms with Crippen molar-refractivity contribution in [3.05, 3.63) is 183 Å². The zero-order chi connectivity index (χ0) is 39.7. The number of nitrogens with zero attached hydrogens (tertiary/aromatic N) is 2. The van der Waals surface area contributed by atoms with Crippen LogP contribution in [-0.2, 0) is 23.1 Å². The van der Waals surface area contributed by atoms with E-state index in [1.807, 2.05) is 80.6 Å². The van der Waals surface area contributed by atoms with Crippen molar-refractivity contribution in [1.82, 2.24) is 14.7 Å². The van der Waals surface area contributed by atoms with E-state index < -0.39 is 20.7 Å². The summed E-state index contributed by atoms with van der Waals surface area (Å²) in [7, 11) is -3.99. The van der Waals surface area contributed by atoms with E-state index in [0.29, 0.717) is 48.9 Å². The normalized spacial score (nSPS) is 11.0. The topological polar surface area (TPSA) is 156 Å². The molecule has 0 unspecified atom stereocenters. The lowest BCUT2D eigenvalue weighted by molar-refractivity contribution is 0.103. The molecule has 2 aromatic heterocycles. The highest BCUT2D eigenvalue weighted by Gasteiger charge is 2.19. The van der Waals surface area contributed by atoms with Crippen LogP contribution in [0.15, 0.2) is 139 Å². The molecule has 0 amide bonds.